The second kappa shape index (κ2) is 9.60. The molecule has 3 aromatic heterocycles. The van der Waals surface area contributed by atoms with Gasteiger partial charge >= 0.3 is 0 Å². The largest absolute Gasteiger partial charge is 0.394 e. The number of fused-ring (bicyclic) bond motifs is 1. The third-order valence-corrected chi connectivity index (χ3v) is 7.74. The SMILES string of the molecule is Cc1nc2ccc(-n3ncnc3[C@@H]3O[C@H](CO)[C@H](O)[C@H](n4cc(-c5cccc(F)c5C)nn4)[C@H]3O)cc2s1. The van der Waals surface area contributed by atoms with Crippen LogP contribution in [-0.4, -0.2) is 75.0 Å². The van der Waals surface area contributed by atoms with E-state index in [1.54, 1.807) is 35.1 Å². The Morgan fingerprint density at radius 1 is 1.13 bits per heavy atom. The Balaban J connectivity index is 1.37. The molecule has 0 amide bonds. The van der Waals surface area contributed by atoms with Crippen LogP contribution in [0.3, 0.4) is 0 Å². The van der Waals surface area contributed by atoms with Crippen molar-refractivity contribution >= 4 is 21.6 Å². The number of benzene rings is 2. The van der Waals surface area contributed by atoms with Crippen molar-refractivity contribution in [1.29, 1.82) is 0 Å². The van der Waals surface area contributed by atoms with Crippen LogP contribution in [0.25, 0.3) is 27.2 Å². The third kappa shape index (κ3) is 4.08. The molecule has 1 aliphatic heterocycles. The van der Waals surface area contributed by atoms with Crippen LogP contribution in [0.1, 0.15) is 28.5 Å². The lowest BCUT2D eigenvalue weighted by atomic mass is 9.92. The first-order valence-electron chi connectivity index (χ1n) is 11.9. The smallest absolute Gasteiger partial charge is 0.163 e. The van der Waals surface area contributed by atoms with Crippen LogP contribution in [0.2, 0.25) is 0 Å². The molecule has 0 saturated carbocycles. The number of aromatic nitrogens is 7. The summed E-state index contributed by atoms with van der Waals surface area (Å²) in [5, 5.41) is 46.0. The van der Waals surface area contributed by atoms with Crippen LogP contribution in [0.15, 0.2) is 48.9 Å². The molecule has 196 valence electrons. The van der Waals surface area contributed by atoms with Gasteiger partial charge in [0, 0.05) is 5.56 Å². The highest BCUT2D eigenvalue weighted by Gasteiger charge is 2.48. The second-order valence-corrected chi connectivity index (χ2v) is 10.4. The molecule has 0 aliphatic carbocycles. The third-order valence-electron chi connectivity index (χ3n) is 6.80. The van der Waals surface area contributed by atoms with E-state index in [1.165, 1.54) is 23.3 Å². The van der Waals surface area contributed by atoms with E-state index in [2.05, 4.69) is 25.4 Å². The van der Waals surface area contributed by atoms with Crippen molar-refractivity contribution in [3.8, 4) is 16.9 Å². The van der Waals surface area contributed by atoms with Gasteiger partial charge in [0.25, 0.3) is 0 Å². The Hall–Kier alpha value is -3.62. The van der Waals surface area contributed by atoms with Gasteiger partial charge in [-0.15, -0.1) is 16.4 Å². The van der Waals surface area contributed by atoms with Crippen molar-refractivity contribution in [2.45, 2.75) is 44.3 Å². The van der Waals surface area contributed by atoms with Gasteiger partial charge in [0.2, 0.25) is 0 Å². The van der Waals surface area contributed by atoms with Gasteiger partial charge in [-0.1, -0.05) is 17.3 Å². The first-order valence-corrected chi connectivity index (χ1v) is 12.7. The molecule has 6 rings (SSSR count). The van der Waals surface area contributed by atoms with Crippen molar-refractivity contribution < 1.29 is 24.4 Å². The van der Waals surface area contributed by atoms with Crippen molar-refractivity contribution in [3.63, 3.8) is 0 Å². The lowest BCUT2D eigenvalue weighted by molar-refractivity contribution is -0.210. The predicted octanol–water partition coefficient (Wildman–Crippen LogP) is 2.29. The highest BCUT2D eigenvalue weighted by atomic mass is 32.1. The first-order chi connectivity index (χ1) is 18.4. The second-order valence-electron chi connectivity index (χ2n) is 9.16. The van der Waals surface area contributed by atoms with E-state index < -0.39 is 37.1 Å². The molecule has 38 heavy (non-hydrogen) atoms. The van der Waals surface area contributed by atoms with Gasteiger partial charge in [0.15, 0.2) is 5.82 Å². The van der Waals surface area contributed by atoms with Gasteiger partial charge in [0.05, 0.1) is 33.7 Å². The maximum atomic E-state index is 14.1. The Labute approximate surface area is 219 Å². The van der Waals surface area contributed by atoms with E-state index >= 15 is 0 Å². The quantitative estimate of drug-likeness (QED) is 0.308. The van der Waals surface area contributed by atoms with Gasteiger partial charge in [-0.2, -0.15) is 5.10 Å². The number of hydrogen-bond acceptors (Lipinski definition) is 10. The predicted molar refractivity (Wildman–Crippen MR) is 135 cm³/mol. The van der Waals surface area contributed by atoms with Gasteiger partial charge in [-0.25, -0.2) is 23.7 Å². The molecule has 13 heteroatoms. The van der Waals surface area contributed by atoms with Gasteiger partial charge < -0.3 is 20.1 Å². The maximum Gasteiger partial charge on any atom is 0.163 e. The summed E-state index contributed by atoms with van der Waals surface area (Å²) in [6, 6.07) is 9.25. The minimum Gasteiger partial charge on any atom is -0.394 e. The summed E-state index contributed by atoms with van der Waals surface area (Å²) in [5.74, 6) is -0.0932. The zero-order valence-corrected chi connectivity index (χ0v) is 21.2. The number of hydrogen-bond donors (Lipinski definition) is 3. The number of nitrogens with zero attached hydrogens (tertiary/aromatic N) is 7. The lowest BCUT2D eigenvalue weighted by Crippen LogP contribution is -2.53. The standard InChI is InChI=1S/C25H24FN7O4S/c1-12-15(4-3-5-16(12)26)18-9-32(31-30-18)21-22(35)19(10-34)37-24(23(21)36)25-27-11-28-33(25)14-6-7-17-20(8-14)38-13(2)29-17/h3-9,11,19,21-24,34-36H,10H2,1-2H3/t19-,21+,22+,23-,24-/m1/s1. The van der Waals surface area contributed by atoms with E-state index in [4.69, 9.17) is 4.74 Å². The fourth-order valence-electron chi connectivity index (χ4n) is 4.86. The highest BCUT2D eigenvalue weighted by Crippen LogP contribution is 2.38. The number of aliphatic hydroxyl groups is 3. The molecule has 0 spiro atoms. The Kier molecular flexibility index (Phi) is 6.24. The molecular weight excluding hydrogens is 513 g/mol. The monoisotopic (exact) mass is 537 g/mol. The molecule has 0 radical (unpaired) electrons. The van der Waals surface area contributed by atoms with E-state index in [9.17, 15) is 19.7 Å². The molecule has 5 aromatic rings. The summed E-state index contributed by atoms with van der Waals surface area (Å²) in [6.07, 6.45) is -1.89. The van der Waals surface area contributed by atoms with Gasteiger partial charge in [0.1, 0.15) is 48.3 Å². The molecule has 1 aliphatic rings. The zero-order chi connectivity index (χ0) is 26.6. The highest BCUT2D eigenvalue weighted by molar-refractivity contribution is 7.18. The summed E-state index contributed by atoms with van der Waals surface area (Å²) in [7, 11) is 0. The molecule has 4 heterocycles. The molecule has 5 atom stereocenters. The van der Waals surface area contributed by atoms with Crippen LogP contribution >= 0.6 is 11.3 Å². The van der Waals surface area contributed by atoms with E-state index in [1.807, 2.05) is 25.1 Å². The fourth-order valence-corrected chi connectivity index (χ4v) is 5.72. The number of rotatable bonds is 5. The Morgan fingerprint density at radius 3 is 2.79 bits per heavy atom. The number of thiazole rings is 1. The average Bonchev–Trinajstić information content (AvgIpc) is 3.65. The molecule has 2 aromatic carbocycles. The molecule has 0 bridgehead atoms. The van der Waals surface area contributed by atoms with Crippen LogP contribution < -0.4 is 0 Å². The van der Waals surface area contributed by atoms with Crippen molar-refractivity contribution in [2.75, 3.05) is 6.61 Å². The van der Waals surface area contributed by atoms with E-state index in [0.717, 1.165) is 15.2 Å². The summed E-state index contributed by atoms with van der Waals surface area (Å²) >= 11 is 1.55. The summed E-state index contributed by atoms with van der Waals surface area (Å²) < 4.78 is 23.9. The van der Waals surface area contributed by atoms with Crippen LogP contribution in [-0.2, 0) is 4.74 Å². The number of halogens is 1. The summed E-state index contributed by atoms with van der Waals surface area (Å²) in [6.45, 7) is 3.06. The lowest BCUT2D eigenvalue weighted by Gasteiger charge is -2.41. The van der Waals surface area contributed by atoms with Crippen LogP contribution in [0.5, 0.6) is 0 Å². The van der Waals surface area contributed by atoms with E-state index in [0.29, 0.717) is 22.5 Å². The Bertz CT molecular complexity index is 1620. The Morgan fingerprint density at radius 2 is 1.97 bits per heavy atom. The van der Waals surface area contributed by atoms with Crippen LogP contribution in [0.4, 0.5) is 4.39 Å². The fraction of sp³-hybridized carbons (Fsp3) is 0.320. The normalized spacial score (nSPS) is 23.8. The average molecular weight is 538 g/mol. The minimum atomic E-state index is -1.34. The van der Waals surface area contributed by atoms with E-state index in [-0.39, 0.29) is 11.6 Å². The summed E-state index contributed by atoms with van der Waals surface area (Å²) in [5.41, 5.74) is 2.88. The van der Waals surface area contributed by atoms with Crippen molar-refractivity contribution in [1.82, 2.24) is 34.7 Å². The van der Waals surface area contributed by atoms with Gasteiger partial charge in [-0.05, 0) is 43.7 Å². The summed E-state index contributed by atoms with van der Waals surface area (Å²) in [4.78, 5) is 8.84. The molecule has 3 N–H and O–H groups in total. The van der Waals surface area contributed by atoms with Crippen LogP contribution in [0, 0.1) is 19.7 Å². The molecule has 1 fully saturated rings. The minimum absolute atomic E-state index is 0.287. The number of aliphatic hydroxyl groups excluding tert-OH is 3. The molecule has 0 unspecified atom stereocenters. The van der Waals surface area contributed by atoms with Crippen molar-refractivity contribution in [3.05, 3.63) is 71.1 Å². The van der Waals surface area contributed by atoms with Crippen molar-refractivity contribution in [2.24, 2.45) is 0 Å². The number of ether oxygens (including phenoxy) is 1. The molecule has 11 nitrogen and oxygen atoms in total. The molecule has 1 saturated heterocycles. The topological polar surface area (TPSA) is 144 Å². The maximum absolute atomic E-state index is 14.1. The zero-order valence-electron chi connectivity index (χ0n) is 20.4. The molecular formula is C25H24FN7O4S. The first kappa shape index (κ1) is 24.7. The van der Waals surface area contributed by atoms with Gasteiger partial charge in [-0.3, -0.25) is 0 Å². The number of aryl methyl sites for hydroxylation is 1.